The zero-order chi connectivity index (χ0) is 23.1. The minimum Gasteiger partial charge on any atom is -0.485 e. The highest BCUT2D eigenvalue weighted by molar-refractivity contribution is 7.99. The predicted octanol–water partition coefficient (Wildman–Crippen LogP) is 5.51. The van der Waals surface area contributed by atoms with Crippen molar-refractivity contribution in [2.75, 3.05) is 11.1 Å². The van der Waals surface area contributed by atoms with Crippen molar-refractivity contribution < 1.29 is 9.53 Å². The second kappa shape index (κ2) is 11.0. The molecule has 1 amide bonds. The fourth-order valence-electron chi connectivity index (χ4n) is 3.38. The number of benzene rings is 2. The van der Waals surface area contributed by atoms with E-state index in [1.807, 2.05) is 47.9 Å². The number of ether oxygens (including phenoxy) is 1. The predicted molar refractivity (Wildman–Crippen MR) is 130 cm³/mol. The summed E-state index contributed by atoms with van der Waals surface area (Å²) in [4.78, 5) is 12.6. The molecule has 0 aliphatic heterocycles. The Morgan fingerprint density at radius 3 is 2.72 bits per heavy atom. The number of carbonyl (C=O) groups excluding carboxylic acids is 1. The standard InChI is InChI=1S/C25H30N4O2S/c1-6-13-29-23(15-31-22-12-11-18(4)14-19(22)5)27-28-25(29)32-16-24(30)26-21-10-8-7-9-20(21)17(2)3/h6-12,14,17H,1,13,15-16H2,2-5H3,(H,26,30). The first-order valence-corrected chi connectivity index (χ1v) is 11.6. The first-order valence-electron chi connectivity index (χ1n) is 10.6. The van der Waals surface area contributed by atoms with Crippen molar-refractivity contribution in [3.63, 3.8) is 0 Å². The summed E-state index contributed by atoms with van der Waals surface area (Å²) in [5.41, 5.74) is 4.24. The average Bonchev–Trinajstić information content (AvgIpc) is 3.14. The number of para-hydroxylation sites is 1. The third kappa shape index (κ3) is 6.01. The number of hydrogen-bond donors (Lipinski definition) is 1. The minimum atomic E-state index is -0.0793. The van der Waals surface area contributed by atoms with Gasteiger partial charge in [-0.25, -0.2) is 0 Å². The van der Waals surface area contributed by atoms with Gasteiger partial charge in [-0.05, 0) is 43.0 Å². The molecule has 1 aromatic heterocycles. The van der Waals surface area contributed by atoms with E-state index in [9.17, 15) is 4.79 Å². The van der Waals surface area contributed by atoms with Crippen LogP contribution in [0.4, 0.5) is 5.69 Å². The van der Waals surface area contributed by atoms with Crippen molar-refractivity contribution in [3.05, 3.63) is 77.6 Å². The van der Waals surface area contributed by atoms with Crippen molar-refractivity contribution in [2.45, 2.75) is 51.9 Å². The largest absolute Gasteiger partial charge is 0.485 e. The molecule has 0 saturated heterocycles. The molecule has 0 bridgehead atoms. The van der Waals surface area contributed by atoms with E-state index < -0.39 is 0 Å². The van der Waals surface area contributed by atoms with Crippen molar-refractivity contribution in [1.29, 1.82) is 0 Å². The molecule has 0 saturated carbocycles. The van der Waals surface area contributed by atoms with Gasteiger partial charge in [-0.15, -0.1) is 16.8 Å². The number of anilines is 1. The Hall–Kier alpha value is -3.06. The Morgan fingerprint density at radius 2 is 2.00 bits per heavy atom. The zero-order valence-corrected chi connectivity index (χ0v) is 19.9. The SMILES string of the molecule is C=CCn1c(COc2ccc(C)cc2C)nnc1SCC(=O)Nc1ccccc1C(C)C. The third-order valence-corrected chi connectivity index (χ3v) is 5.95. The number of carbonyl (C=O) groups is 1. The molecule has 0 aliphatic rings. The van der Waals surface area contributed by atoms with Gasteiger partial charge in [-0.1, -0.05) is 67.6 Å². The molecule has 0 spiro atoms. The summed E-state index contributed by atoms with van der Waals surface area (Å²) in [6.07, 6.45) is 1.78. The van der Waals surface area contributed by atoms with E-state index in [4.69, 9.17) is 4.74 Å². The van der Waals surface area contributed by atoms with Gasteiger partial charge in [0.2, 0.25) is 5.91 Å². The van der Waals surface area contributed by atoms with Gasteiger partial charge in [0, 0.05) is 12.2 Å². The zero-order valence-electron chi connectivity index (χ0n) is 19.1. The molecule has 0 radical (unpaired) electrons. The van der Waals surface area contributed by atoms with Gasteiger partial charge in [-0.3, -0.25) is 9.36 Å². The van der Waals surface area contributed by atoms with E-state index in [2.05, 4.69) is 48.9 Å². The molecule has 0 atom stereocenters. The molecule has 1 N–H and O–H groups in total. The van der Waals surface area contributed by atoms with Gasteiger partial charge in [0.25, 0.3) is 0 Å². The second-order valence-electron chi connectivity index (χ2n) is 7.93. The van der Waals surface area contributed by atoms with E-state index in [1.54, 1.807) is 6.08 Å². The fourth-order valence-corrected chi connectivity index (χ4v) is 4.15. The maximum atomic E-state index is 12.6. The Balaban J connectivity index is 1.65. The average molecular weight is 451 g/mol. The first-order chi connectivity index (χ1) is 15.4. The summed E-state index contributed by atoms with van der Waals surface area (Å²) in [5, 5.41) is 12.2. The highest BCUT2D eigenvalue weighted by atomic mass is 32.2. The summed E-state index contributed by atoms with van der Waals surface area (Å²) in [6, 6.07) is 14.0. The Labute approximate surface area is 194 Å². The lowest BCUT2D eigenvalue weighted by atomic mass is 10.0. The van der Waals surface area contributed by atoms with Crippen LogP contribution in [-0.4, -0.2) is 26.4 Å². The van der Waals surface area contributed by atoms with Crippen LogP contribution in [0.2, 0.25) is 0 Å². The molecule has 0 unspecified atom stereocenters. The van der Waals surface area contributed by atoms with Crippen molar-refractivity contribution >= 4 is 23.4 Å². The highest BCUT2D eigenvalue weighted by Gasteiger charge is 2.15. The van der Waals surface area contributed by atoms with Crippen molar-refractivity contribution in [3.8, 4) is 5.75 Å². The summed E-state index contributed by atoms with van der Waals surface area (Å²) in [5.74, 6) is 2.00. The number of nitrogens with zero attached hydrogens (tertiary/aromatic N) is 3. The molecule has 3 aromatic rings. The van der Waals surface area contributed by atoms with Crippen LogP contribution in [-0.2, 0) is 17.9 Å². The summed E-state index contributed by atoms with van der Waals surface area (Å²) < 4.78 is 7.90. The lowest BCUT2D eigenvalue weighted by molar-refractivity contribution is -0.113. The molecular weight excluding hydrogens is 420 g/mol. The lowest BCUT2D eigenvalue weighted by Crippen LogP contribution is -2.16. The van der Waals surface area contributed by atoms with Crippen LogP contribution in [0.25, 0.3) is 0 Å². The topological polar surface area (TPSA) is 69.0 Å². The van der Waals surface area contributed by atoms with Crippen LogP contribution in [0.1, 0.15) is 42.3 Å². The summed E-state index contributed by atoms with van der Waals surface area (Å²) >= 11 is 1.35. The lowest BCUT2D eigenvalue weighted by Gasteiger charge is -2.13. The molecule has 7 heteroatoms. The molecule has 2 aromatic carbocycles. The fraction of sp³-hybridized carbons (Fsp3) is 0.320. The molecule has 0 fully saturated rings. The van der Waals surface area contributed by atoms with E-state index >= 15 is 0 Å². The van der Waals surface area contributed by atoms with Crippen LogP contribution >= 0.6 is 11.8 Å². The first kappa shape index (κ1) is 23.6. The second-order valence-corrected chi connectivity index (χ2v) is 8.88. The molecular formula is C25H30N4O2S. The maximum Gasteiger partial charge on any atom is 0.234 e. The molecule has 1 heterocycles. The molecule has 6 nitrogen and oxygen atoms in total. The van der Waals surface area contributed by atoms with E-state index in [0.717, 1.165) is 22.6 Å². The van der Waals surface area contributed by atoms with Crippen molar-refractivity contribution in [1.82, 2.24) is 14.8 Å². The quantitative estimate of drug-likeness (QED) is 0.326. The highest BCUT2D eigenvalue weighted by Crippen LogP contribution is 2.25. The van der Waals surface area contributed by atoms with E-state index in [-0.39, 0.29) is 11.7 Å². The Kier molecular flexibility index (Phi) is 8.11. The smallest absolute Gasteiger partial charge is 0.234 e. The maximum absolute atomic E-state index is 12.6. The third-order valence-electron chi connectivity index (χ3n) is 4.98. The van der Waals surface area contributed by atoms with Gasteiger partial charge in [0.15, 0.2) is 11.0 Å². The number of aromatic nitrogens is 3. The molecule has 168 valence electrons. The number of amides is 1. The van der Waals surface area contributed by atoms with Crippen LogP contribution in [0.3, 0.4) is 0 Å². The van der Waals surface area contributed by atoms with E-state index in [1.165, 1.54) is 17.3 Å². The molecule has 0 aliphatic carbocycles. The van der Waals surface area contributed by atoms with Crippen LogP contribution in [0.5, 0.6) is 5.75 Å². The van der Waals surface area contributed by atoms with Gasteiger partial charge in [0.05, 0.1) is 5.75 Å². The number of thioether (sulfide) groups is 1. The number of aryl methyl sites for hydroxylation is 2. The van der Waals surface area contributed by atoms with Crippen LogP contribution in [0.15, 0.2) is 60.3 Å². The Morgan fingerprint density at radius 1 is 1.22 bits per heavy atom. The minimum absolute atomic E-state index is 0.0793. The summed E-state index contributed by atoms with van der Waals surface area (Å²) in [7, 11) is 0. The number of rotatable bonds is 10. The van der Waals surface area contributed by atoms with Gasteiger partial charge >= 0.3 is 0 Å². The number of nitrogens with one attached hydrogen (secondary N) is 1. The summed E-state index contributed by atoms with van der Waals surface area (Å²) in [6.45, 7) is 13.0. The van der Waals surface area contributed by atoms with Gasteiger partial charge < -0.3 is 10.1 Å². The normalized spacial score (nSPS) is 10.9. The molecule has 32 heavy (non-hydrogen) atoms. The monoisotopic (exact) mass is 450 g/mol. The van der Waals surface area contributed by atoms with Crippen LogP contribution < -0.4 is 10.1 Å². The molecule has 3 rings (SSSR count). The van der Waals surface area contributed by atoms with Crippen molar-refractivity contribution in [2.24, 2.45) is 0 Å². The van der Waals surface area contributed by atoms with Crippen LogP contribution in [0, 0.1) is 13.8 Å². The van der Waals surface area contributed by atoms with Gasteiger partial charge in [-0.2, -0.15) is 0 Å². The Bertz CT molecular complexity index is 1090. The number of hydrogen-bond acceptors (Lipinski definition) is 5. The van der Waals surface area contributed by atoms with Gasteiger partial charge in [0.1, 0.15) is 12.4 Å². The van der Waals surface area contributed by atoms with E-state index in [0.29, 0.717) is 30.1 Å². The number of allylic oxidation sites excluding steroid dienone is 1.